The maximum absolute atomic E-state index is 15.6. The van der Waals surface area contributed by atoms with Crippen molar-refractivity contribution >= 4 is 31.5 Å². The van der Waals surface area contributed by atoms with Gasteiger partial charge in [0, 0.05) is 24.6 Å². The van der Waals surface area contributed by atoms with E-state index in [2.05, 4.69) is 14.5 Å². The third kappa shape index (κ3) is 14.6. The van der Waals surface area contributed by atoms with Crippen LogP contribution in [0, 0.1) is 5.92 Å². The van der Waals surface area contributed by atoms with Crippen LogP contribution in [0.15, 0.2) is 5.38 Å². The van der Waals surface area contributed by atoms with E-state index in [0.717, 1.165) is 20.8 Å². The molecule has 1 N–H and O–H groups in total. The number of esters is 1. The fourth-order valence-corrected chi connectivity index (χ4v) is 13.4. The molecule has 6 nitrogen and oxygen atoms in total. The summed E-state index contributed by atoms with van der Waals surface area (Å²) in [7, 11) is -7.80. The molecule has 0 aromatic carbocycles. The molecule has 0 saturated heterocycles. The topological polar surface area (TPSA) is 77.5 Å². The van der Waals surface area contributed by atoms with Crippen LogP contribution in [0.4, 0.5) is 229 Å². The molecular weight excluding hydrogens is 1640 g/mol. The number of rotatable bonds is 35. The van der Waals surface area contributed by atoms with E-state index >= 15 is 52.7 Å². The smallest absolute Gasteiger partial charge is 0.460 e. The van der Waals surface area contributed by atoms with E-state index in [9.17, 15) is 181 Å². The highest BCUT2D eigenvalue weighted by atomic mass is 32.1. The van der Waals surface area contributed by atoms with Gasteiger partial charge in [0.05, 0.1) is 27.3 Å². The average Bonchev–Trinajstić information content (AvgIpc) is 0.710. The number of ether oxygens (including phenoxy) is 2. The van der Waals surface area contributed by atoms with E-state index in [1.54, 1.807) is 0 Å². The Morgan fingerprint density at radius 1 is 0.363 bits per heavy atom. The van der Waals surface area contributed by atoms with E-state index in [0.29, 0.717) is 5.38 Å². The summed E-state index contributed by atoms with van der Waals surface area (Å²) in [4.78, 5) is 28.7. The average molecular weight is 1670 g/mol. The summed E-state index contributed by atoms with van der Waals surface area (Å²) in [6.45, 7) is -0.288. The number of carbonyl (C=O) groups is 2. The minimum absolute atomic E-state index is 0.220. The second kappa shape index (κ2) is 27.4. The number of aromatic nitrogens is 1. The zero-order valence-corrected chi connectivity index (χ0v) is 49.7. The molecule has 1 aromatic rings. The predicted molar refractivity (Wildman–Crippen MR) is 231 cm³/mol. The first-order valence-corrected chi connectivity index (χ1v) is 28.9. The van der Waals surface area contributed by atoms with Gasteiger partial charge in [-0.05, 0) is 18.9 Å². The molecule has 102 heavy (non-hydrogen) atoms. The summed E-state index contributed by atoms with van der Waals surface area (Å²) in [5.41, 5.74) is -0.760. The number of alkyl carbamates (subject to hydrolysis) is 1. The molecule has 0 aliphatic carbocycles. The summed E-state index contributed by atoms with van der Waals surface area (Å²) in [6.07, 6.45) is -42.1. The molecule has 0 bridgehead atoms. The molecule has 1 aromatic heterocycles. The third-order valence-corrected chi connectivity index (χ3v) is 20.5. The highest BCUT2D eigenvalue weighted by Gasteiger charge is 2.99. The monoisotopic (exact) mass is 1670 g/mol. The number of carbonyl (C=O) groups excluding carboxylic acids is 2. The number of thiazole rings is 1. The van der Waals surface area contributed by atoms with Gasteiger partial charge in [-0.1, -0.05) is 32.0 Å². The van der Waals surface area contributed by atoms with Crippen LogP contribution in [0.3, 0.4) is 0 Å². The van der Waals surface area contributed by atoms with Crippen LogP contribution in [0.1, 0.15) is 61.6 Å². The maximum atomic E-state index is 15.6. The Kier molecular flexibility index (Phi) is 25.5. The Hall–Kier alpha value is -4.98. The predicted octanol–water partition coefficient (Wildman–Crippen LogP) is 21.4. The lowest BCUT2D eigenvalue weighted by Gasteiger charge is -2.44. The van der Waals surface area contributed by atoms with Gasteiger partial charge in [0.15, 0.2) is 5.69 Å². The molecule has 0 fully saturated rings. The van der Waals surface area contributed by atoms with Crippen molar-refractivity contribution in [3.63, 3.8) is 0 Å². The van der Waals surface area contributed by atoms with Crippen molar-refractivity contribution in [1.82, 2.24) is 10.3 Å². The van der Waals surface area contributed by atoms with Gasteiger partial charge < -0.3 is 14.8 Å². The number of alkyl halides is 51. The van der Waals surface area contributed by atoms with Crippen molar-refractivity contribution in [1.29, 1.82) is 0 Å². The Morgan fingerprint density at radius 3 is 0.804 bits per heavy atom. The largest absolute Gasteiger partial charge is 0.461 e. The van der Waals surface area contributed by atoms with Crippen LogP contribution in [0.25, 0.3) is 0 Å². The molecule has 1 atom stereocenters. The highest BCUT2D eigenvalue weighted by molar-refractivity contribution is 7.09. The van der Waals surface area contributed by atoms with Crippen LogP contribution in [-0.2, 0) is 9.47 Å². The minimum atomic E-state index is -9.76. The lowest BCUT2D eigenvalue weighted by Crippen LogP contribution is -2.74. The Bertz CT molecular complexity index is 2810. The van der Waals surface area contributed by atoms with Gasteiger partial charge >= 0.3 is 155 Å². The second-order valence-electron chi connectivity index (χ2n) is 21.5. The maximum Gasteiger partial charge on any atom is 0.460 e. The molecule has 0 unspecified atom stereocenters. The quantitative estimate of drug-likeness (QED) is 0.0416. The van der Waals surface area contributed by atoms with Gasteiger partial charge in [0.2, 0.25) is 0 Å². The number of halogens is 51. The van der Waals surface area contributed by atoms with Crippen LogP contribution >= 0.6 is 11.3 Å². The van der Waals surface area contributed by atoms with Crippen molar-refractivity contribution < 1.29 is 243 Å². The highest BCUT2D eigenvalue weighted by Crippen LogP contribution is 2.69. The van der Waals surface area contributed by atoms with Crippen molar-refractivity contribution in [2.45, 2.75) is 213 Å². The summed E-state index contributed by atoms with van der Waals surface area (Å²) in [5.74, 6) is -198. The van der Waals surface area contributed by atoms with Crippen molar-refractivity contribution in [2.75, 3.05) is 13.2 Å². The molecule has 0 aliphatic rings. The lowest BCUT2D eigenvalue weighted by atomic mass is 9.88. The molecule has 0 saturated carbocycles. The first kappa shape index (κ1) is 95.0. The minimum Gasteiger partial charge on any atom is -0.461 e. The molecule has 0 aliphatic heterocycles. The lowest BCUT2D eigenvalue weighted by molar-refractivity contribution is -0.461. The Morgan fingerprint density at radius 2 is 0.588 bits per heavy atom. The molecule has 604 valence electrons. The molecule has 1 amide bonds. The molecule has 59 heteroatoms. The number of nitrogens with zero attached hydrogens (tertiary/aromatic N) is 1. The molecule has 1 heterocycles. The van der Waals surface area contributed by atoms with E-state index in [1.165, 1.54) is 5.32 Å². The van der Waals surface area contributed by atoms with E-state index in [-0.39, 0.29) is 11.3 Å². The summed E-state index contributed by atoms with van der Waals surface area (Å²) < 4.78 is 733. The van der Waals surface area contributed by atoms with Gasteiger partial charge in [-0.3, -0.25) is 0 Å². The van der Waals surface area contributed by atoms with Gasteiger partial charge in [0.25, 0.3) is 0 Å². The van der Waals surface area contributed by atoms with Crippen LogP contribution in [0.2, 0.25) is 24.2 Å². The first-order chi connectivity index (χ1) is 44.0. The Balaban J connectivity index is 4.85. The fourth-order valence-electron chi connectivity index (χ4n) is 7.85. The number of hydrogen-bond donors (Lipinski definition) is 1. The zero-order valence-electron chi connectivity index (χ0n) is 47.9. The standard InChI is InChI=1S/C43H31F51N2O4SSi/c1-4-99-18(97)15-13-101-17(95-15)16(14(2)3)96-19(98)100-8-12-102(9-5-20(44,45)23(50,51)26(56,57)29(62,63)32(68,69)35(74,75)38(80,81)41(86,87)88,10-6-21(46,47)24(52,53)27(58,59)30(64,65)33(70,71)36(76,77)39(82,83)42(89,90)91)11-7-22(48,49)25(54,55)28(60,61)31(66,67)34(72,73)37(78,79)40(84,85)43(92,93)94/h13-14,16H,4-12H2,1-3H3,(H,96,98)/t16-/m0/s1. The fraction of sp³-hybridized carbons (Fsp3) is 0.884. The molecule has 0 spiro atoms. The van der Waals surface area contributed by atoms with E-state index in [1.807, 2.05) is 0 Å². The van der Waals surface area contributed by atoms with Crippen molar-refractivity contribution in [3.05, 3.63) is 16.1 Å². The number of nitrogens with one attached hydrogen (secondary N) is 1. The summed E-state index contributed by atoms with van der Waals surface area (Å²) in [6, 6.07) is -16.9. The SMILES string of the molecule is CCOC(=O)c1csc([C@@H](NC(=O)OCC[Si](CCC(F)(F)C(F)(F)C(F)(F)C(F)(F)C(F)(F)C(F)(F)C(F)(F)C(F)(F)F)(CCC(F)(F)C(F)(F)C(F)(F)C(F)(F)C(F)(F)C(F)(F)C(F)(F)C(F)(F)F)CCC(F)(F)C(F)(F)C(F)(F)C(F)(F)C(F)(F)C(F)(F)C(F)(F)C(F)(F)F)C(C)C)n1. The van der Waals surface area contributed by atoms with Crippen LogP contribution < -0.4 is 5.32 Å². The second-order valence-corrected chi connectivity index (χ2v) is 27.4. The van der Waals surface area contributed by atoms with Gasteiger partial charge in [0.1, 0.15) is 5.01 Å². The molecule has 0 radical (unpaired) electrons. The van der Waals surface area contributed by atoms with Crippen LogP contribution in [-0.4, -0.2) is 181 Å². The summed E-state index contributed by atoms with van der Waals surface area (Å²) >= 11 is 0.220. The van der Waals surface area contributed by atoms with Gasteiger partial charge in [-0.15, -0.1) is 11.3 Å². The molecular formula is C43H31F51N2O4SSi. The van der Waals surface area contributed by atoms with Gasteiger partial charge in [-0.2, -0.15) is 224 Å². The first-order valence-electron chi connectivity index (χ1n) is 25.2. The van der Waals surface area contributed by atoms with E-state index in [4.69, 9.17) is 0 Å². The zero-order chi connectivity index (χ0) is 82.6. The van der Waals surface area contributed by atoms with E-state index < -0.39 is 242 Å². The number of amides is 1. The van der Waals surface area contributed by atoms with Crippen molar-refractivity contribution in [3.8, 4) is 0 Å². The van der Waals surface area contributed by atoms with Crippen LogP contribution in [0.5, 0.6) is 0 Å². The van der Waals surface area contributed by atoms with Crippen molar-refractivity contribution in [2.24, 2.45) is 5.92 Å². The summed E-state index contributed by atoms with van der Waals surface area (Å²) in [5, 5.41) is 1.56. The Labute approximate surface area is 533 Å². The van der Waals surface area contributed by atoms with Gasteiger partial charge in [-0.25, -0.2) is 14.6 Å². The normalized spacial score (nSPS) is 16.4. The molecule has 1 rings (SSSR count). The number of hydrogen-bond acceptors (Lipinski definition) is 6. The third-order valence-electron chi connectivity index (χ3n) is 14.3.